The molecule has 0 aliphatic carbocycles. The summed E-state index contributed by atoms with van der Waals surface area (Å²) in [5.74, 6) is -0.675. The molecule has 1 heterocycles. The fourth-order valence-electron chi connectivity index (χ4n) is 3.66. The number of nitrogens with one attached hydrogen (secondary N) is 1. The van der Waals surface area contributed by atoms with Crippen molar-refractivity contribution in [1.29, 1.82) is 0 Å². The number of benzene rings is 3. The average Bonchev–Trinajstić information content (AvgIpc) is 3.28. The molecular formula is C27H26ClN5O2. The Morgan fingerprint density at radius 2 is 1.69 bits per heavy atom. The molecule has 0 radical (unpaired) electrons. The Labute approximate surface area is 209 Å². The van der Waals surface area contributed by atoms with Crippen LogP contribution in [0.3, 0.4) is 0 Å². The van der Waals surface area contributed by atoms with E-state index in [0.29, 0.717) is 22.8 Å². The number of amides is 2. The Morgan fingerprint density at radius 3 is 2.31 bits per heavy atom. The van der Waals surface area contributed by atoms with Gasteiger partial charge in [0.25, 0.3) is 0 Å². The number of halogens is 1. The highest BCUT2D eigenvalue weighted by Gasteiger charge is 2.21. The molecule has 3 N–H and O–H groups in total. The SMILES string of the molecule is C[C@@H](C(=O)Nc1ccc(C(N)=O)cc1)N(C)Cc1cn(-c2ccccc2)nc1-c1ccc(Cl)cc1. The van der Waals surface area contributed by atoms with E-state index in [1.165, 1.54) is 0 Å². The molecule has 8 heteroatoms. The standard InChI is InChI=1S/C27H26ClN5O2/c1-18(27(35)30-23-14-10-20(11-15-23)26(29)34)32(2)16-21-17-33(24-6-4-3-5-7-24)31-25(21)19-8-12-22(28)13-9-19/h3-15,17-18H,16H2,1-2H3,(H2,29,34)(H,30,35)/t18-/m0/s1. The van der Waals surface area contributed by atoms with Gasteiger partial charge in [-0.15, -0.1) is 0 Å². The third-order valence-electron chi connectivity index (χ3n) is 5.83. The topological polar surface area (TPSA) is 93.2 Å². The molecule has 178 valence electrons. The summed E-state index contributed by atoms with van der Waals surface area (Å²) >= 11 is 6.09. The van der Waals surface area contributed by atoms with Gasteiger partial charge in [-0.2, -0.15) is 5.10 Å². The van der Waals surface area contributed by atoms with E-state index in [0.717, 1.165) is 22.5 Å². The van der Waals surface area contributed by atoms with Crippen LogP contribution in [0.4, 0.5) is 5.69 Å². The number of nitrogens with zero attached hydrogens (tertiary/aromatic N) is 3. The van der Waals surface area contributed by atoms with E-state index in [-0.39, 0.29) is 5.91 Å². The predicted molar refractivity (Wildman–Crippen MR) is 139 cm³/mol. The van der Waals surface area contributed by atoms with Gasteiger partial charge in [0.15, 0.2) is 0 Å². The molecule has 2 amide bonds. The van der Waals surface area contributed by atoms with Gasteiger partial charge in [0, 0.05) is 40.1 Å². The number of rotatable bonds is 8. The molecule has 0 saturated carbocycles. The summed E-state index contributed by atoms with van der Waals surface area (Å²) in [4.78, 5) is 26.1. The maximum absolute atomic E-state index is 12.9. The van der Waals surface area contributed by atoms with Crippen LogP contribution in [-0.2, 0) is 11.3 Å². The Hall–Kier alpha value is -3.94. The van der Waals surface area contributed by atoms with Crippen molar-refractivity contribution >= 4 is 29.1 Å². The number of para-hydroxylation sites is 1. The van der Waals surface area contributed by atoms with Gasteiger partial charge in [0.1, 0.15) is 0 Å². The fraction of sp³-hybridized carbons (Fsp3) is 0.148. The van der Waals surface area contributed by atoms with Crippen LogP contribution in [0.25, 0.3) is 16.9 Å². The first-order valence-electron chi connectivity index (χ1n) is 11.1. The Balaban J connectivity index is 1.54. The molecule has 1 aromatic heterocycles. The van der Waals surface area contributed by atoms with Gasteiger partial charge in [-0.25, -0.2) is 4.68 Å². The van der Waals surface area contributed by atoms with Crippen LogP contribution in [-0.4, -0.2) is 39.6 Å². The van der Waals surface area contributed by atoms with Gasteiger partial charge in [0.05, 0.1) is 17.4 Å². The highest BCUT2D eigenvalue weighted by molar-refractivity contribution is 6.30. The lowest BCUT2D eigenvalue weighted by Gasteiger charge is -2.24. The van der Waals surface area contributed by atoms with Crippen LogP contribution >= 0.6 is 11.6 Å². The fourth-order valence-corrected chi connectivity index (χ4v) is 3.79. The Bertz CT molecular complexity index is 1320. The monoisotopic (exact) mass is 487 g/mol. The van der Waals surface area contributed by atoms with Crippen molar-refractivity contribution in [2.75, 3.05) is 12.4 Å². The second kappa shape index (κ2) is 10.5. The summed E-state index contributed by atoms with van der Waals surface area (Å²) in [7, 11) is 1.89. The van der Waals surface area contributed by atoms with Crippen molar-refractivity contribution in [3.05, 3.63) is 101 Å². The molecule has 35 heavy (non-hydrogen) atoms. The highest BCUT2D eigenvalue weighted by atomic mass is 35.5. The molecule has 4 rings (SSSR count). The quantitative estimate of drug-likeness (QED) is 0.375. The normalized spacial score (nSPS) is 11.9. The van der Waals surface area contributed by atoms with Crippen LogP contribution in [0.2, 0.25) is 5.02 Å². The summed E-state index contributed by atoms with van der Waals surface area (Å²) in [6.07, 6.45) is 1.99. The number of likely N-dealkylation sites (N-methyl/N-ethyl adjacent to an activating group) is 1. The second-order valence-corrected chi connectivity index (χ2v) is 8.75. The third kappa shape index (κ3) is 5.77. The second-order valence-electron chi connectivity index (χ2n) is 8.31. The lowest BCUT2D eigenvalue weighted by Crippen LogP contribution is -2.39. The van der Waals surface area contributed by atoms with E-state index in [4.69, 9.17) is 22.4 Å². The number of aromatic nitrogens is 2. The number of carbonyl (C=O) groups excluding carboxylic acids is 2. The maximum atomic E-state index is 12.9. The van der Waals surface area contributed by atoms with Crippen LogP contribution in [0.1, 0.15) is 22.8 Å². The number of nitrogens with two attached hydrogens (primary N) is 1. The summed E-state index contributed by atoms with van der Waals surface area (Å²) < 4.78 is 1.85. The summed E-state index contributed by atoms with van der Waals surface area (Å²) in [6, 6.07) is 23.5. The Morgan fingerprint density at radius 1 is 1.03 bits per heavy atom. The molecule has 0 bridgehead atoms. The van der Waals surface area contributed by atoms with Crippen LogP contribution in [0.15, 0.2) is 85.1 Å². The largest absolute Gasteiger partial charge is 0.366 e. The summed E-state index contributed by atoms with van der Waals surface area (Å²) in [5.41, 5.74) is 9.96. The molecule has 7 nitrogen and oxygen atoms in total. The van der Waals surface area contributed by atoms with Crippen molar-refractivity contribution in [1.82, 2.24) is 14.7 Å². The summed E-state index contributed by atoms with van der Waals surface area (Å²) in [5, 5.41) is 8.38. The lowest BCUT2D eigenvalue weighted by molar-refractivity contribution is -0.120. The molecule has 1 atom stereocenters. The molecule has 0 saturated heterocycles. The molecule has 0 fully saturated rings. The van der Waals surface area contributed by atoms with Crippen molar-refractivity contribution in [2.24, 2.45) is 5.73 Å². The first kappa shape index (κ1) is 24.2. The average molecular weight is 488 g/mol. The number of anilines is 1. The molecule has 4 aromatic rings. The predicted octanol–water partition coefficient (Wildman–Crippen LogP) is 4.75. The van der Waals surface area contributed by atoms with Crippen molar-refractivity contribution in [3.63, 3.8) is 0 Å². The first-order chi connectivity index (χ1) is 16.8. The zero-order valence-corrected chi connectivity index (χ0v) is 20.2. The van der Waals surface area contributed by atoms with E-state index >= 15 is 0 Å². The highest BCUT2D eigenvalue weighted by Crippen LogP contribution is 2.26. The molecule has 0 aliphatic rings. The van der Waals surface area contributed by atoms with Gasteiger partial charge in [0.2, 0.25) is 11.8 Å². The van der Waals surface area contributed by atoms with E-state index in [1.807, 2.05) is 84.3 Å². The van der Waals surface area contributed by atoms with E-state index < -0.39 is 11.9 Å². The molecule has 0 unspecified atom stereocenters. The number of hydrogen-bond donors (Lipinski definition) is 2. The lowest BCUT2D eigenvalue weighted by atomic mass is 10.1. The third-order valence-corrected chi connectivity index (χ3v) is 6.08. The van der Waals surface area contributed by atoms with Gasteiger partial charge in [-0.05, 0) is 62.5 Å². The molecular weight excluding hydrogens is 462 g/mol. The van der Waals surface area contributed by atoms with Crippen LogP contribution < -0.4 is 11.1 Å². The van der Waals surface area contributed by atoms with Crippen LogP contribution in [0.5, 0.6) is 0 Å². The van der Waals surface area contributed by atoms with Gasteiger partial charge < -0.3 is 11.1 Å². The van der Waals surface area contributed by atoms with Crippen LogP contribution in [0, 0.1) is 0 Å². The van der Waals surface area contributed by atoms with Crippen molar-refractivity contribution < 1.29 is 9.59 Å². The number of primary amides is 1. The van der Waals surface area contributed by atoms with Gasteiger partial charge in [-0.1, -0.05) is 41.9 Å². The van der Waals surface area contributed by atoms with E-state index in [2.05, 4.69) is 5.32 Å². The molecule has 3 aromatic carbocycles. The maximum Gasteiger partial charge on any atom is 0.248 e. The minimum Gasteiger partial charge on any atom is -0.366 e. The smallest absolute Gasteiger partial charge is 0.248 e. The van der Waals surface area contributed by atoms with Crippen molar-refractivity contribution in [2.45, 2.75) is 19.5 Å². The Kier molecular flexibility index (Phi) is 7.29. The first-order valence-corrected chi connectivity index (χ1v) is 11.5. The molecule has 0 aliphatic heterocycles. The van der Waals surface area contributed by atoms with Crippen molar-refractivity contribution in [3.8, 4) is 16.9 Å². The van der Waals surface area contributed by atoms with E-state index in [1.54, 1.807) is 24.3 Å². The number of carbonyl (C=O) groups is 2. The zero-order valence-electron chi connectivity index (χ0n) is 19.5. The minimum absolute atomic E-state index is 0.164. The molecule has 0 spiro atoms. The van der Waals surface area contributed by atoms with E-state index in [9.17, 15) is 9.59 Å². The zero-order chi connectivity index (χ0) is 24.9. The summed E-state index contributed by atoms with van der Waals surface area (Å²) in [6.45, 7) is 2.34. The van der Waals surface area contributed by atoms with Gasteiger partial charge in [-0.3, -0.25) is 14.5 Å². The van der Waals surface area contributed by atoms with Gasteiger partial charge >= 0.3 is 0 Å². The minimum atomic E-state index is -0.511. The number of hydrogen-bond acceptors (Lipinski definition) is 4.